The molecule has 0 radical (unpaired) electrons. The van der Waals surface area contributed by atoms with Crippen LogP contribution in [0, 0.1) is 23.3 Å². The largest absolute Gasteiger partial charge is 0.419 e. The van der Waals surface area contributed by atoms with E-state index >= 15 is 0 Å². The summed E-state index contributed by atoms with van der Waals surface area (Å²) in [5.74, 6) is -13.9. The van der Waals surface area contributed by atoms with Crippen molar-refractivity contribution in [2.75, 3.05) is 18.8 Å². The summed E-state index contributed by atoms with van der Waals surface area (Å²) in [4.78, 5) is 44.5. The highest BCUT2D eigenvalue weighted by Gasteiger charge is 2.42. The van der Waals surface area contributed by atoms with Gasteiger partial charge in [-0.15, -0.1) is 0 Å². The van der Waals surface area contributed by atoms with Gasteiger partial charge in [0, 0.05) is 17.4 Å². The Balaban J connectivity index is 1.36. The van der Waals surface area contributed by atoms with Crippen molar-refractivity contribution < 1.29 is 54.4 Å². The molecule has 3 rings (SSSR count). The highest BCUT2D eigenvalue weighted by atomic mass is 32.2. The summed E-state index contributed by atoms with van der Waals surface area (Å²) >= 11 is 1.74. The molecule has 2 fully saturated rings. The number of amides is 4. The molecule has 210 valence electrons. The highest BCUT2D eigenvalue weighted by Crippen LogP contribution is 2.34. The Morgan fingerprint density at radius 3 is 2.24 bits per heavy atom. The number of thioether (sulfide) groups is 1. The van der Waals surface area contributed by atoms with Crippen LogP contribution in [-0.2, 0) is 24.5 Å². The molecular weight excluding hydrogens is 564 g/mol. The predicted octanol–water partition coefficient (Wildman–Crippen LogP) is 0.353. The quantitative estimate of drug-likeness (QED) is 0.0465. The highest BCUT2D eigenvalue weighted by molar-refractivity contribution is 8.00. The molecule has 0 spiro atoms. The van der Waals surface area contributed by atoms with Gasteiger partial charge in [0.25, 0.3) is 0 Å². The van der Waals surface area contributed by atoms with Gasteiger partial charge >= 0.3 is 22.1 Å². The number of fused-ring (bicyclic) bond motifs is 1. The van der Waals surface area contributed by atoms with Crippen LogP contribution < -0.4 is 26.0 Å². The van der Waals surface area contributed by atoms with E-state index < -0.39 is 74.9 Å². The number of halogens is 4. The lowest BCUT2D eigenvalue weighted by molar-refractivity contribution is -0.136. The summed E-state index contributed by atoms with van der Waals surface area (Å²) in [6.07, 6.45) is 2.13. The predicted molar refractivity (Wildman–Crippen MR) is 122 cm³/mol. The minimum Gasteiger partial charge on any atom is -0.419 e. The number of nitrogens with one attached hydrogen (secondary N) is 4. The lowest BCUT2D eigenvalue weighted by Gasteiger charge is -2.16. The first kappa shape index (κ1) is 29.4. The fourth-order valence-electron chi connectivity index (χ4n) is 3.83. The summed E-state index contributed by atoms with van der Waals surface area (Å²) in [6.45, 7) is -1.58. The molecule has 38 heavy (non-hydrogen) atoms. The Labute approximate surface area is 217 Å². The van der Waals surface area contributed by atoms with Gasteiger partial charge in [0.1, 0.15) is 6.54 Å². The van der Waals surface area contributed by atoms with Crippen molar-refractivity contribution >= 4 is 45.7 Å². The number of ether oxygens (including phenoxy) is 1. The summed E-state index contributed by atoms with van der Waals surface area (Å²) < 4.78 is 90.0. The summed E-state index contributed by atoms with van der Waals surface area (Å²) in [6, 6.07) is -0.0333. The Bertz CT molecular complexity index is 1220. The first-order valence-corrected chi connectivity index (χ1v) is 13.5. The van der Waals surface area contributed by atoms with Crippen molar-refractivity contribution in [3.05, 3.63) is 23.3 Å². The second-order valence-electron chi connectivity index (χ2n) is 8.28. The van der Waals surface area contributed by atoms with Gasteiger partial charge in [-0.05, 0) is 12.8 Å². The SMILES string of the molecule is O=C(CCCC[C@@H]1SC[C@@H]2NC(=O)N[C@@H]21)NCC(=O)NCC(=O)Oc1c(F)c(F)c(S(=O)(=O)O)c(F)c1F. The number of unbranched alkanes of at least 4 members (excludes halogenated alkanes) is 1. The van der Waals surface area contributed by atoms with Gasteiger partial charge in [0.05, 0.1) is 18.6 Å². The van der Waals surface area contributed by atoms with E-state index in [1.165, 1.54) is 0 Å². The lowest BCUT2D eigenvalue weighted by atomic mass is 10.0. The number of esters is 1. The molecule has 0 saturated carbocycles. The maximum absolute atomic E-state index is 13.9. The Hall–Kier alpha value is -3.12. The van der Waals surface area contributed by atoms with Crippen molar-refractivity contribution in [2.24, 2.45) is 0 Å². The molecule has 5 N–H and O–H groups in total. The molecule has 0 unspecified atom stereocenters. The standard InChI is InChI=1S/C20H22F4N4O8S2/c21-13-15(23)19(38(33,34)35)16(24)14(22)18(13)36-12(31)6-26-11(30)5-25-10(29)4-2-1-3-9-17-8(7-37-9)27-20(32)28-17/h8-9,17H,1-7H2,(H,25,29)(H,26,30)(H2,27,28,32)(H,33,34,35)/t8-,9-,17-/m0/s1. The topological polar surface area (TPSA) is 180 Å². The van der Waals surface area contributed by atoms with E-state index in [0.717, 1.165) is 12.2 Å². The van der Waals surface area contributed by atoms with Gasteiger partial charge < -0.3 is 26.0 Å². The number of carbonyl (C=O) groups is 4. The first-order chi connectivity index (χ1) is 17.8. The van der Waals surface area contributed by atoms with Crippen LogP contribution >= 0.6 is 11.8 Å². The Morgan fingerprint density at radius 1 is 0.974 bits per heavy atom. The van der Waals surface area contributed by atoms with Crippen LogP contribution in [0.4, 0.5) is 22.4 Å². The van der Waals surface area contributed by atoms with Crippen LogP contribution in [-0.4, -0.2) is 73.0 Å². The van der Waals surface area contributed by atoms with E-state index in [1.807, 2.05) is 5.32 Å². The number of hydrogen-bond donors (Lipinski definition) is 5. The van der Waals surface area contributed by atoms with Gasteiger partial charge in [-0.3, -0.25) is 14.1 Å². The fourth-order valence-corrected chi connectivity index (χ4v) is 6.01. The molecular formula is C20H22F4N4O8S2. The van der Waals surface area contributed by atoms with Gasteiger partial charge in [0.15, 0.2) is 16.5 Å². The molecule has 2 aliphatic rings. The molecule has 1 aromatic carbocycles. The molecule has 0 aliphatic carbocycles. The van der Waals surface area contributed by atoms with Crippen molar-refractivity contribution in [1.29, 1.82) is 0 Å². The van der Waals surface area contributed by atoms with Gasteiger partial charge in [0.2, 0.25) is 29.2 Å². The number of rotatable bonds is 11. The zero-order chi connectivity index (χ0) is 28.2. The second-order valence-corrected chi connectivity index (χ2v) is 10.9. The summed E-state index contributed by atoms with van der Waals surface area (Å²) in [5, 5.41) is 10.2. The molecule has 12 nitrogen and oxygen atoms in total. The summed E-state index contributed by atoms with van der Waals surface area (Å²) in [5.41, 5.74) is 0. The third kappa shape index (κ3) is 7.04. The monoisotopic (exact) mass is 586 g/mol. The molecule has 4 amide bonds. The smallest absolute Gasteiger partial charge is 0.331 e. The maximum atomic E-state index is 13.9. The van der Waals surface area contributed by atoms with Crippen LogP contribution in [0.3, 0.4) is 0 Å². The molecule has 2 heterocycles. The summed E-state index contributed by atoms with van der Waals surface area (Å²) in [7, 11) is -5.68. The second kappa shape index (κ2) is 12.2. The van der Waals surface area contributed by atoms with Crippen molar-refractivity contribution in [3.8, 4) is 5.75 Å². The van der Waals surface area contributed by atoms with Crippen LogP contribution in [0.2, 0.25) is 0 Å². The van der Waals surface area contributed by atoms with Crippen molar-refractivity contribution in [2.45, 2.75) is 47.9 Å². The average molecular weight is 587 g/mol. The van der Waals surface area contributed by atoms with E-state index in [2.05, 4.69) is 20.7 Å². The van der Waals surface area contributed by atoms with Crippen LogP contribution in [0.15, 0.2) is 4.90 Å². The molecule has 2 saturated heterocycles. The molecule has 2 aliphatic heterocycles. The van der Waals surface area contributed by atoms with E-state index in [-0.39, 0.29) is 29.8 Å². The zero-order valence-corrected chi connectivity index (χ0v) is 20.9. The molecule has 3 atom stereocenters. The number of urea groups is 1. The number of benzene rings is 1. The van der Waals surface area contributed by atoms with E-state index in [1.54, 1.807) is 11.8 Å². The number of carbonyl (C=O) groups excluding carboxylic acids is 4. The van der Waals surface area contributed by atoms with E-state index in [4.69, 9.17) is 4.55 Å². The van der Waals surface area contributed by atoms with Gasteiger partial charge in [-0.2, -0.15) is 29.0 Å². The minimum absolute atomic E-state index is 0.0544. The molecule has 0 bridgehead atoms. The van der Waals surface area contributed by atoms with Crippen LogP contribution in [0.1, 0.15) is 25.7 Å². The van der Waals surface area contributed by atoms with Crippen LogP contribution in [0.25, 0.3) is 0 Å². The first-order valence-electron chi connectivity index (χ1n) is 11.1. The zero-order valence-electron chi connectivity index (χ0n) is 19.3. The van der Waals surface area contributed by atoms with Crippen molar-refractivity contribution in [3.63, 3.8) is 0 Å². The maximum Gasteiger partial charge on any atom is 0.331 e. The van der Waals surface area contributed by atoms with Crippen LogP contribution in [0.5, 0.6) is 5.75 Å². The normalized spacial score (nSPS) is 20.3. The van der Waals surface area contributed by atoms with Gasteiger partial charge in [-0.1, -0.05) is 6.42 Å². The Kier molecular flexibility index (Phi) is 9.42. The minimum atomic E-state index is -5.68. The average Bonchev–Trinajstić information content (AvgIpc) is 3.39. The third-order valence-corrected chi connectivity index (χ3v) is 8.00. The lowest BCUT2D eigenvalue weighted by Crippen LogP contribution is -2.40. The van der Waals surface area contributed by atoms with E-state index in [0.29, 0.717) is 12.8 Å². The number of hydrogen-bond acceptors (Lipinski definition) is 8. The fraction of sp³-hybridized carbons (Fsp3) is 0.500. The molecule has 0 aromatic heterocycles. The molecule has 18 heteroatoms. The third-order valence-electron chi connectivity index (χ3n) is 5.61. The molecule has 1 aromatic rings. The Morgan fingerprint density at radius 2 is 1.61 bits per heavy atom. The van der Waals surface area contributed by atoms with E-state index in [9.17, 15) is 45.2 Å². The van der Waals surface area contributed by atoms with Gasteiger partial charge in [-0.25, -0.2) is 18.4 Å². The van der Waals surface area contributed by atoms with Crippen molar-refractivity contribution in [1.82, 2.24) is 21.3 Å².